The van der Waals surface area contributed by atoms with Crippen molar-refractivity contribution >= 4 is 29.1 Å². The molecule has 2 aromatic rings. The molecule has 1 amide bonds. The Hall–Kier alpha value is -1.90. The van der Waals surface area contributed by atoms with Gasteiger partial charge in [0.05, 0.1) is 22.8 Å². The fraction of sp³-hybridized carbons (Fsp3) is 0.458. The number of rotatable bonds is 8. The summed E-state index contributed by atoms with van der Waals surface area (Å²) in [6.45, 7) is 0.0748. The Morgan fingerprint density at radius 1 is 1.15 bits per heavy atom. The van der Waals surface area contributed by atoms with Gasteiger partial charge >= 0.3 is 0 Å². The van der Waals surface area contributed by atoms with Gasteiger partial charge in [-0.2, -0.15) is 0 Å². The Kier molecular flexibility index (Phi) is 7.17. The van der Waals surface area contributed by atoms with Crippen LogP contribution in [0.25, 0.3) is 0 Å². The lowest BCUT2D eigenvalue weighted by Gasteiger charge is -2.56. The first-order valence-corrected chi connectivity index (χ1v) is 11.7. The van der Waals surface area contributed by atoms with Crippen molar-refractivity contribution in [2.45, 2.75) is 55.4 Å². The summed E-state index contributed by atoms with van der Waals surface area (Å²) in [5.41, 5.74) is -0.210. The van der Waals surface area contributed by atoms with Crippen molar-refractivity contribution in [1.29, 1.82) is 0 Å². The molecule has 3 fully saturated rings. The number of aliphatic hydroxyl groups excluding tert-OH is 2. The minimum Gasteiger partial charge on any atom is -0.484 e. The van der Waals surface area contributed by atoms with Gasteiger partial charge in [-0.3, -0.25) is 4.79 Å². The molecule has 2 bridgehead atoms. The van der Waals surface area contributed by atoms with Gasteiger partial charge in [0.25, 0.3) is 5.91 Å². The van der Waals surface area contributed by atoms with E-state index < -0.39 is 23.6 Å². The molecule has 0 radical (unpaired) electrons. The second kappa shape index (κ2) is 9.76. The molecule has 3 aliphatic rings. The molecule has 0 heterocycles. The molecule has 2 atom stereocenters. The molecule has 178 valence electrons. The zero-order valence-corrected chi connectivity index (χ0v) is 19.5. The minimum atomic E-state index is -0.725. The molecule has 0 aromatic heterocycles. The minimum absolute atomic E-state index is 0.0176. The molecule has 1 unspecified atom stereocenters. The molecule has 4 N–H and O–H groups in total. The zero-order chi connectivity index (χ0) is 23.6. The first-order valence-electron chi connectivity index (χ1n) is 11.0. The van der Waals surface area contributed by atoms with Crippen LogP contribution in [0.4, 0.5) is 4.39 Å². The number of carbonyl (C=O) groups excluding carboxylic acids is 1. The number of ether oxygens (including phenoxy) is 1. The van der Waals surface area contributed by atoms with Crippen LogP contribution in [0.3, 0.4) is 0 Å². The number of β-amino-alcohol motifs (C(OH)–C–C–N with tert-alkyl or cyclic N) is 1. The highest BCUT2D eigenvalue weighted by Gasteiger charge is 2.54. The van der Waals surface area contributed by atoms with Gasteiger partial charge in [0, 0.05) is 23.2 Å². The number of nitrogens with one attached hydrogen (secondary N) is 2. The van der Waals surface area contributed by atoms with Crippen molar-refractivity contribution in [1.82, 2.24) is 10.6 Å². The molecule has 2 aromatic carbocycles. The topological polar surface area (TPSA) is 90.8 Å². The van der Waals surface area contributed by atoms with Crippen LogP contribution >= 0.6 is 23.2 Å². The summed E-state index contributed by atoms with van der Waals surface area (Å²) in [4.78, 5) is 12.5. The Morgan fingerprint density at radius 3 is 2.48 bits per heavy atom. The fourth-order valence-corrected chi connectivity index (χ4v) is 5.12. The molecular formula is C24H27Cl2FN2O4. The number of halogens is 3. The van der Waals surface area contributed by atoms with Crippen LogP contribution in [0.5, 0.6) is 5.75 Å². The van der Waals surface area contributed by atoms with E-state index in [-0.39, 0.29) is 28.8 Å². The fourth-order valence-electron chi connectivity index (χ4n) is 4.88. The molecule has 3 aliphatic carbocycles. The Labute approximate surface area is 202 Å². The van der Waals surface area contributed by atoms with Gasteiger partial charge in [-0.25, -0.2) is 4.39 Å². The standard InChI is InChI=1S/C24H27Cl2FN2O4/c25-16-3-1-15(2-4-16)20(30)13-28-23-7-9-24(10-8-23,21(31)12-23)29-22(32)14-33-17-5-6-18(26)19(27)11-17/h1-6,11,20-21,28,30-31H,7-10,12-14H2,(H,29,32)/t20?,21-,23?,24?/m0/s1. The third-order valence-electron chi connectivity index (χ3n) is 6.90. The summed E-state index contributed by atoms with van der Waals surface area (Å²) >= 11 is 11.6. The molecule has 0 aliphatic heterocycles. The number of hydrogen-bond donors (Lipinski definition) is 4. The summed E-state index contributed by atoms with van der Waals surface area (Å²) in [5.74, 6) is -0.780. The van der Waals surface area contributed by atoms with E-state index in [0.29, 0.717) is 30.8 Å². The summed E-state index contributed by atoms with van der Waals surface area (Å²) in [6.07, 6.45) is 1.82. The van der Waals surface area contributed by atoms with Crippen molar-refractivity contribution in [3.63, 3.8) is 0 Å². The van der Waals surface area contributed by atoms with Gasteiger partial charge in [0.2, 0.25) is 0 Å². The van der Waals surface area contributed by atoms with Crippen LogP contribution in [0.15, 0.2) is 42.5 Å². The van der Waals surface area contributed by atoms with E-state index in [9.17, 15) is 19.4 Å². The molecule has 0 saturated heterocycles. The maximum Gasteiger partial charge on any atom is 0.258 e. The van der Waals surface area contributed by atoms with Crippen LogP contribution in [0.2, 0.25) is 10.0 Å². The van der Waals surface area contributed by atoms with Crippen molar-refractivity contribution in [3.05, 3.63) is 63.9 Å². The first-order chi connectivity index (χ1) is 15.7. The molecule has 5 rings (SSSR count). The van der Waals surface area contributed by atoms with Crippen molar-refractivity contribution in [2.75, 3.05) is 13.2 Å². The van der Waals surface area contributed by atoms with Crippen molar-refractivity contribution in [2.24, 2.45) is 0 Å². The van der Waals surface area contributed by atoms with Gasteiger partial charge in [-0.05, 0) is 61.9 Å². The van der Waals surface area contributed by atoms with Gasteiger partial charge in [-0.15, -0.1) is 0 Å². The van der Waals surface area contributed by atoms with E-state index in [1.54, 1.807) is 24.3 Å². The zero-order valence-electron chi connectivity index (χ0n) is 18.0. The number of hydrogen-bond acceptors (Lipinski definition) is 5. The van der Waals surface area contributed by atoms with E-state index in [2.05, 4.69) is 10.6 Å². The lowest BCUT2D eigenvalue weighted by atomic mass is 9.60. The molecule has 33 heavy (non-hydrogen) atoms. The monoisotopic (exact) mass is 496 g/mol. The predicted molar refractivity (Wildman–Crippen MR) is 124 cm³/mol. The highest BCUT2D eigenvalue weighted by atomic mass is 35.5. The summed E-state index contributed by atoms with van der Waals surface area (Å²) in [7, 11) is 0. The average Bonchev–Trinajstić information content (AvgIpc) is 2.80. The number of carbonyl (C=O) groups is 1. The average molecular weight is 497 g/mol. The maximum atomic E-state index is 13.5. The third kappa shape index (κ3) is 5.44. The molecule has 9 heteroatoms. The molecular weight excluding hydrogens is 470 g/mol. The smallest absolute Gasteiger partial charge is 0.258 e. The van der Waals surface area contributed by atoms with E-state index >= 15 is 0 Å². The second-order valence-electron chi connectivity index (χ2n) is 9.02. The quantitative estimate of drug-likeness (QED) is 0.446. The predicted octanol–water partition coefficient (Wildman–Crippen LogP) is 3.77. The highest BCUT2D eigenvalue weighted by molar-refractivity contribution is 6.30. The summed E-state index contributed by atoms with van der Waals surface area (Å²) in [6, 6.07) is 11.1. The van der Waals surface area contributed by atoms with Gasteiger partial charge in [-0.1, -0.05) is 35.3 Å². The number of benzene rings is 2. The van der Waals surface area contributed by atoms with Crippen LogP contribution < -0.4 is 15.4 Å². The van der Waals surface area contributed by atoms with Gasteiger partial charge < -0.3 is 25.6 Å². The molecule has 6 nitrogen and oxygen atoms in total. The van der Waals surface area contributed by atoms with E-state index in [1.807, 2.05) is 0 Å². The number of fused-ring (bicyclic) bond motifs is 3. The second-order valence-corrected chi connectivity index (χ2v) is 9.86. The lowest BCUT2D eigenvalue weighted by molar-refractivity contribution is -0.132. The third-order valence-corrected chi connectivity index (χ3v) is 7.45. The highest BCUT2D eigenvalue weighted by Crippen LogP contribution is 2.47. The normalized spacial score (nSPS) is 27.2. The SMILES string of the molecule is O=C(COc1ccc(Cl)c(F)c1)NC12CCC(NCC(O)c3ccc(Cl)cc3)(CC1)C[C@@H]2O. The van der Waals surface area contributed by atoms with Crippen molar-refractivity contribution < 1.29 is 24.1 Å². The van der Waals surface area contributed by atoms with Crippen molar-refractivity contribution in [3.8, 4) is 5.75 Å². The summed E-state index contributed by atoms with van der Waals surface area (Å²) in [5, 5.41) is 28.4. The Balaban J connectivity index is 1.29. The van der Waals surface area contributed by atoms with Gasteiger partial charge in [0.15, 0.2) is 6.61 Å². The maximum absolute atomic E-state index is 13.5. The van der Waals surface area contributed by atoms with Crippen LogP contribution in [0, 0.1) is 5.82 Å². The number of amides is 1. The molecule has 0 spiro atoms. The van der Waals surface area contributed by atoms with Crippen LogP contribution in [0.1, 0.15) is 43.8 Å². The van der Waals surface area contributed by atoms with E-state index in [4.69, 9.17) is 27.9 Å². The lowest BCUT2D eigenvalue weighted by Crippen LogP contribution is -2.70. The van der Waals surface area contributed by atoms with Crippen LogP contribution in [-0.2, 0) is 4.79 Å². The number of aliphatic hydroxyl groups is 2. The first kappa shape index (κ1) is 24.2. The molecule has 3 saturated carbocycles. The Bertz CT molecular complexity index is 996. The Morgan fingerprint density at radius 2 is 1.85 bits per heavy atom. The van der Waals surface area contributed by atoms with E-state index in [0.717, 1.165) is 24.5 Å². The van der Waals surface area contributed by atoms with Gasteiger partial charge in [0.1, 0.15) is 11.6 Å². The van der Waals surface area contributed by atoms with E-state index in [1.165, 1.54) is 12.1 Å². The largest absolute Gasteiger partial charge is 0.484 e. The van der Waals surface area contributed by atoms with Crippen LogP contribution in [-0.4, -0.2) is 46.5 Å². The summed E-state index contributed by atoms with van der Waals surface area (Å²) < 4.78 is 18.9.